The van der Waals surface area contributed by atoms with Gasteiger partial charge in [0.1, 0.15) is 17.3 Å². The van der Waals surface area contributed by atoms with Crippen molar-refractivity contribution in [3.8, 4) is 11.5 Å². The molecule has 3 aromatic rings. The molecule has 27 heavy (non-hydrogen) atoms. The number of rotatable bonds is 7. The number of benzene rings is 2. The largest absolute Gasteiger partial charge is 0.497 e. The lowest BCUT2D eigenvalue weighted by atomic mass is 10.0. The van der Waals surface area contributed by atoms with E-state index in [-0.39, 0.29) is 24.2 Å². The number of aromatic nitrogens is 1. The predicted octanol–water partition coefficient (Wildman–Crippen LogP) is 4.26. The van der Waals surface area contributed by atoms with Crippen LogP contribution in [0.15, 0.2) is 67.0 Å². The number of nitrogens with zero attached hydrogens (tertiary/aromatic N) is 1. The Kier molecular flexibility index (Phi) is 5.76. The second kappa shape index (κ2) is 8.40. The number of ether oxygens (including phenoxy) is 2. The van der Waals surface area contributed by atoms with Gasteiger partial charge in [0.05, 0.1) is 32.4 Å². The lowest BCUT2D eigenvalue weighted by Crippen LogP contribution is -2.20. The smallest absolute Gasteiger partial charge is 0.226 e. The van der Waals surface area contributed by atoms with Crippen molar-refractivity contribution in [2.24, 2.45) is 0 Å². The summed E-state index contributed by atoms with van der Waals surface area (Å²) in [5, 5.41) is 2.86. The van der Waals surface area contributed by atoms with Gasteiger partial charge < -0.3 is 19.4 Å². The molecule has 0 fully saturated rings. The Balaban J connectivity index is 1.83. The maximum absolute atomic E-state index is 13.7. The average molecular weight is 368 g/mol. The van der Waals surface area contributed by atoms with E-state index in [1.807, 2.05) is 35.2 Å². The molecule has 1 N–H and O–H groups in total. The molecule has 0 saturated carbocycles. The van der Waals surface area contributed by atoms with Crippen molar-refractivity contribution in [2.75, 3.05) is 19.5 Å². The summed E-state index contributed by atoms with van der Waals surface area (Å²) in [6, 6.07) is 14.9. The number of amides is 1. The number of nitrogens with one attached hydrogen (secondary N) is 1. The van der Waals surface area contributed by atoms with Crippen molar-refractivity contribution in [1.29, 1.82) is 0 Å². The Morgan fingerprint density at radius 3 is 2.52 bits per heavy atom. The van der Waals surface area contributed by atoms with Gasteiger partial charge in [-0.05, 0) is 42.0 Å². The highest BCUT2D eigenvalue weighted by molar-refractivity contribution is 5.93. The van der Waals surface area contributed by atoms with Crippen LogP contribution >= 0.6 is 0 Å². The average Bonchev–Trinajstić information content (AvgIpc) is 3.20. The fourth-order valence-electron chi connectivity index (χ4n) is 2.95. The van der Waals surface area contributed by atoms with Gasteiger partial charge in [-0.3, -0.25) is 4.79 Å². The zero-order valence-corrected chi connectivity index (χ0v) is 15.2. The van der Waals surface area contributed by atoms with E-state index in [2.05, 4.69) is 5.32 Å². The lowest BCUT2D eigenvalue weighted by Gasteiger charge is -2.20. The molecule has 0 unspecified atom stereocenters. The first kappa shape index (κ1) is 18.5. The third kappa shape index (κ3) is 4.47. The molecule has 0 bridgehead atoms. The van der Waals surface area contributed by atoms with E-state index in [4.69, 9.17) is 9.47 Å². The highest BCUT2D eigenvalue weighted by atomic mass is 19.1. The van der Waals surface area contributed by atoms with Crippen LogP contribution in [0.25, 0.3) is 0 Å². The molecular weight excluding hydrogens is 347 g/mol. The van der Waals surface area contributed by atoms with E-state index in [0.717, 1.165) is 5.56 Å². The predicted molar refractivity (Wildman–Crippen MR) is 102 cm³/mol. The van der Waals surface area contributed by atoms with Crippen molar-refractivity contribution < 1.29 is 18.7 Å². The van der Waals surface area contributed by atoms with Crippen LogP contribution in [0.3, 0.4) is 0 Å². The molecule has 0 aliphatic rings. The Labute approximate surface area is 157 Å². The van der Waals surface area contributed by atoms with Gasteiger partial charge in [-0.15, -0.1) is 0 Å². The molecule has 0 aliphatic carbocycles. The molecule has 5 nitrogen and oxygen atoms in total. The summed E-state index contributed by atoms with van der Waals surface area (Å²) in [6.07, 6.45) is 3.85. The first-order valence-electron chi connectivity index (χ1n) is 8.50. The van der Waals surface area contributed by atoms with Gasteiger partial charge in [0.25, 0.3) is 0 Å². The number of halogens is 1. The zero-order chi connectivity index (χ0) is 19.2. The van der Waals surface area contributed by atoms with Gasteiger partial charge in [0.2, 0.25) is 5.91 Å². The van der Waals surface area contributed by atoms with Crippen molar-refractivity contribution in [3.63, 3.8) is 0 Å². The molecule has 0 saturated heterocycles. The Morgan fingerprint density at radius 2 is 1.85 bits per heavy atom. The molecule has 6 heteroatoms. The van der Waals surface area contributed by atoms with Crippen LogP contribution < -0.4 is 14.8 Å². The first-order valence-corrected chi connectivity index (χ1v) is 8.50. The fraction of sp³-hybridized carbons (Fsp3) is 0.190. The lowest BCUT2D eigenvalue weighted by molar-refractivity contribution is -0.116. The molecule has 0 radical (unpaired) electrons. The number of hydrogen-bond donors (Lipinski definition) is 1. The SMILES string of the molecule is COc1ccc(OC)c(NC(=O)C[C@@H](c2cccc(F)c2)n2cccc2)c1. The zero-order valence-electron chi connectivity index (χ0n) is 15.2. The number of carbonyl (C=O) groups is 1. The Hall–Kier alpha value is -3.28. The van der Waals surface area contributed by atoms with Crippen LogP contribution in [0.1, 0.15) is 18.0 Å². The second-order valence-electron chi connectivity index (χ2n) is 6.02. The minimum Gasteiger partial charge on any atom is -0.497 e. The van der Waals surface area contributed by atoms with E-state index in [0.29, 0.717) is 17.2 Å². The fourth-order valence-corrected chi connectivity index (χ4v) is 2.95. The molecule has 140 valence electrons. The normalized spacial score (nSPS) is 11.7. The molecule has 1 atom stereocenters. The number of anilines is 1. The molecular formula is C21H21FN2O3. The van der Waals surface area contributed by atoms with Crippen LogP contribution in [0.2, 0.25) is 0 Å². The Bertz CT molecular complexity index is 910. The summed E-state index contributed by atoms with van der Waals surface area (Å²) in [4.78, 5) is 12.7. The van der Waals surface area contributed by atoms with Gasteiger partial charge in [-0.25, -0.2) is 4.39 Å². The third-order valence-electron chi connectivity index (χ3n) is 4.28. The second-order valence-corrected chi connectivity index (χ2v) is 6.02. The summed E-state index contributed by atoms with van der Waals surface area (Å²) < 4.78 is 26.1. The van der Waals surface area contributed by atoms with E-state index in [9.17, 15) is 9.18 Å². The van der Waals surface area contributed by atoms with Gasteiger partial charge in [0.15, 0.2) is 0 Å². The van der Waals surface area contributed by atoms with E-state index in [1.165, 1.54) is 19.2 Å². The van der Waals surface area contributed by atoms with Gasteiger partial charge in [0, 0.05) is 18.5 Å². The van der Waals surface area contributed by atoms with Crippen LogP contribution in [0.5, 0.6) is 11.5 Å². The van der Waals surface area contributed by atoms with Crippen LogP contribution in [-0.2, 0) is 4.79 Å². The first-order chi connectivity index (χ1) is 13.1. The maximum Gasteiger partial charge on any atom is 0.226 e. The number of carbonyl (C=O) groups excluding carboxylic acids is 1. The third-order valence-corrected chi connectivity index (χ3v) is 4.28. The van der Waals surface area contributed by atoms with Crippen molar-refractivity contribution >= 4 is 11.6 Å². The maximum atomic E-state index is 13.7. The van der Waals surface area contributed by atoms with Crippen molar-refractivity contribution in [3.05, 3.63) is 78.4 Å². The van der Waals surface area contributed by atoms with E-state index in [1.54, 1.807) is 31.4 Å². The molecule has 1 aromatic heterocycles. The molecule has 3 rings (SSSR count). The standard InChI is InChI=1S/C21H21FN2O3/c1-26-17-8-9-20(27-2)18(13-17)23-21(25)14-19(24-10-3-4-11-24)15-6-5-7-16(22)12-15/h3-13,19H,14H2,1-2H3,(H,23,25)/t19-/m0/s1. The molecule has 1 amide bonds. The van der Waals surface area contributed by atoms with E-state index < -0.39 is 0 Å². The summed E-state index contributed by atoms with van der Waals surface area (Å²) >= 11 is 0. The Morgan fingerprint density at radius 1 is 1.07 bits per heavy atom. The van der Waals surface area contributed by atoms with Gasteiger partial charge >= 0.3 is 0 Å². The van der Waals surface area contributed by atoms with Crippen molar-refractivity contribution in [2.45, 2.75) is 12.5 Å². The van der Waals surface area contributed by atoms with Crippen LogP contribution in [-0.4, -0.2) is 24.7 Å². The quantitative estimate of drug-likeness (QED) is 0.678. The van der Waals surface area contributed by atoms with Crippen LogP contribution in [0, 0.1) is 5.82 Å². The highest BCUT2D eigenvalue weighted by Gasteiger charge is 2.19. The number of methoxy groups -OCH3 is 2. The van der Waals surface area contributed by atoms with Gasteiger partial charge in [-0.1, -0.05) is 12.1 Å². The summed E-state index contributed by atoms with van der Waals surface area (Å²) in [5.41, 5.74) is 1.24. The molecule has 1 heterocycles. The van der Waals surface area contributed by atoms with Gasteiger partial charge in [-0.2, -0.15) is 0 Å². The monoisotopic (exact) mass is 368 g/mol. The highest BCUT2D eigenvalue weighted by Crippen LogP contribution is 2.30. The summed E-state index contributed by atoms with van der Waals surface area (Å²) in [6.45, 7) is 0. The molecule has 0 aliphatic heterocycles. The minimum atomic E-state index is -0.334. The topological polar surface area (TPSA) is 52.5 Å². The number of hydrogen-bond acceptors (Lipinski definition) is 3. The summed E-state index contributed by atoms with van der Waals surface area (Å²) in [7, 11) is 3.09. The van der Waals surface area contributed by atoms with E-state index >= 15 is 0 Å². The molecule has 2 aromatic carbocycles. The summed E-state index contributed by atoms with van der Waals surface area (Å²) in [5.74, 6) is 0.592. The van der Waals surface area contributed by atoms with Crippen molar-refractivity contribution in [1.82, 2.24) is 4.57 Å². The van der Waals surface area contributed by atoms with Crippen LogP contribution in [0.4, 0.5) is 10.1 Å². The minimum absolute atomic E-state index is 0.137. The molecule has 0 spiro atoms.